The van der Waals surface area contributed by atoms with Crippen molar-refractivity contribution in [1.29, 1.82) is 0 Å². The summed E-state index contributed by atoms with van der Waals surface area (Å²) in [7, 11) is 0. The van der Waals surface area contributed by atoms with Crippen LogP contribution < -0.4 is 10.1 Å². The highest BCUT2D eigenvalue weighted by molar-refractivity contribution is 5.44. The molecule has 6 nitrogen and oxygen atoms in total. The van der Waals surface area contributed by atoms with Crippen LogP contribution >= 0.6 is 0 Å². The second-order valence-corrected chi connectivity index (χ2v) is 4.50. The number of nitrogens with zero attached hydrogens (tertiary/aromatic N) is 2. The first kappa shape index (κ1) is 14.8. The van der Waals surface area contributed by atoms with Crippen LogP contribution in [0, 0.1) is 17.0 Å². The molecule has 0 aliphatic carbocycles. The van der Waals surface area contributed by atoms with Gasteiger partial charge in [0.1, 0.15) is 17.3 Å². The van der Waals surface area contributed by atoms with Crippen molar-refractivity contribution in [3.05, 3.63) is 58.3 Å². The zero-order valence-electron chi connectivity index (χ0n) is 11.8. The summed E-state index contributed by atoms with van der Waals surface area (Å²) >= 11 is 0. The molecule has 0 atom stereocenters. The molecular weight excluding hydrogens is 270 g/mol. The number of nitro groups is 1. The molecule has 0 fully saturated rings. The number of nitrogens with one attached hydrogen (secondary N) is 1. The number of pyridine rings is 1. The Hall–Kier alpha value is -2.63. The maximum absolute atomic E-state index is 10.7. The number of hydrogen-bond donors (Lipinski definition) is 1. The Balaban J connectivity index is 1.74. The number of hydrogen-bond acceptors (Lipinski definition) is 5. The average molecular weight is 287 g/mol. The van der Waals surface area contributed by atoms with E-state index in [9.17, 15) is 10.1 Å². The summed E-state index contributed by atoms with van der Waals surface area (Å²) in [6, 6.07) is 12.7. The summed E-state index contributed by atoms with van der Waals surface area (Å²) in [5.74, 6) is 1.49. The van der Waals surface area contributed by atoms with E-state index in [1.165, 1.54) is 6.07 Å². The second-order valence-electron chi connectivity index (χ2n) is 4.50. The largest absolute Gasteiger partial charge is 0.494 e. The molecule has 1 heterocycles. The lowest BCUT2D eigenvalue weighted by Crippen LogP contribution is -2.09. The van der Waals surface area contributed by atoms with Gasteiger partial charge in [-0.3, -0.25) is 10.1 Å². The molecule has 2 aromatic rings. The second kappa shape index (κ2) is 7.23. The lowest BCUT2D eigenvalue weighted by Gasteiger charge is -2.08. The third kappa shape index (κ3) is 4.45. The lowest BCUT2D eigenvalue weighted by molar-refractivity contribution is -0.385. The van der Waals surface area contributed by atoms with Gasteiger partial charge in [0.2, 0.25) is 0 Å². The van der Waals surface area contributed by atoms with Crippen molar-refractivity contribution in [3.8, 4) is 5.75 Å². The van der Waals surface area contributed by atoms with Crippen LogP contribution in [0.1, 0.15) is 12.1 Å². The lowest BCUT2D eigenvalue weighted by atomic mass is 10.3. The summed E-state index contributed by atoms with van der Waals surface area (Å²) < 4.78 is 5.57. The predicted molar refractivity (Wildman–Crippen MR) is 80.7 cm³/mol. The van der Waals surface area contributed by atoms with Gasteiger partial charge in [-0.1, -0.05) is 18.2 Å². The molecule has 0 radical (unpaired) electrons. The summed E-state index contributed by atoms with van der Waals surface area (Å²) in [5, 5.41) is 13.8. The highest BCUT2D eigenvalue weighted by Gasteiger charge is 2.11. The fourth-order valence-electron chi connectivity index (χ4n) is 1.84. The van der Waals surface area contributed by atoms with Gasteiger partial charge in [0.25, 0.3) is 5.69 Å². The van der Waals surface area contributed by atoms with Gasteiger partial charge in [-0.05, 0) is 31.5 Å². The highest BCUT2D eigenvalue weighted by atomic mass is 16.6. The van der Waals surface area contributed by atoms with E-state index in [0.29, 0.717) is 24.7 Å². The van der Waals surface area contributed by atoms with E-state index in [-0.39, 0.29) is 5.69 Å². The minimum absolute atomic E-state index is 0.0351. The Morgan fingerprint density at radius 1 is 1.24 bits per heavy atom. The topological polar surface area (TPSA) is 77.3 Å². The van der Waals surface area contributed by atoms with E-state index in [2.05, 4.69) is 10.3 Å². The van der Waals surface area contributed by atoms with Gasteiger partial charge >= 0.3 is 0 Å². The van der Waals surface area contributed by atoms with Crippen LogP contribution in [0.4, 0.5) is 11.5 Å². The molecule has 1 aromatic carbocycles. The first-order valence-corrected chi connectivity index (χ1v) is 6.70. The monoisotopic (exact) mass is 287 g/mol. The molecule has 0 bridgehead atoms. The zero-order chi connectivity index (χ0) is 15.1. The van der Waals surface area contributed by atoms with Crippen LogP contribution in [-0.2, 0) is 0 Å². The number of benzene rings is 1. The Morgan fingerprint density at radius 2 is 2.00 bits per heavy atom. The molecule has 0 saturated heterocycles. The van der Waals surface area contributed by atoms with Gasteiger partial charge in [0, 0.05) is 12.6 Å². The van der Waals surface area contributed by atoms with E-state index in [1.54, 1.807) is 13.0 Å². The maximum Gasteiger partial charge on any atom is 0.290 e. The molecule has 2 rings (SSSR count). The molecule has 1 N–H and O–H groups in total. The first-order chi connectivity index (χ1) is 10.2. The predicted octanol–water partition coefficient (Wildman–Crippen LogP) is 3.18. The molecule has 0 unspecified atom stereocenters. The van der Waals surface area contributed by atoms with Crippen molar-refractivity contribution in [2.75, 3.05) is 18.5 Å². The fraction of sp³-hybridized carbons (Fsp3) is 0.267. The molecule has 0 spiro atoms. The number of aryl methyl sites for hydroxylation is 1. The first-order valence-electron chi connectivity index (χ1n) is 6.70. The summed E-state index contributed by atoms with van der Waals surface area (Å²) in [4.78, 5) is 14.4. The van der Waals surface area contributed by atoms with Crippen LogP contribution in [0.2, 0.25) is 0 Å². The van der Waals surface area contributed by atoms with Crippen LogP contribution in [0.25, 0.3) is 0 Å². The fourth-order valence-corrected chi connectivity index (χ4v) is 1.84. The molecule has 1 aromatic heterocycles. The van der Waals surface area contributed by atoms with Crippen LogP contribution in [0.5, 0.6) is 5.75 Å². The number of aromatic nitrogens is 1. The summed E-state index contributed by atoms with van der Waals surface area (Å²) in [6.07, 6.45) is 0.812. The van der Waals surface area contributed by atoms with E-state index in [4.69, 9.17) is 4.74 Å². The summed E-state index contributed by atoms with van der Waals surface area (Å²) in [5.41, 5.74) is 0.443. The van der Waals surface area contributed by atoms with Crippen molar-refractivity contribution >= 4 is 11.5 Å². The molecule has 0 saturated carbocycles. The number of anilines is 1. The Kier molecular flexibility index (Phi) is 5.09. The molecular formula is C15H17N3O3. The highest BCUT2D eigenvalue weighted by Crippen LogP contribution is 2.17. The molecule has 0 amide bonds. The zero-order valence-corrected chi connectivity index (χ0v) is 11.8. The number of rotatable bonds is 7. The van der Waals surface area contributed by atoms with Crippen molar-refractivity contribution in [2.24, 2.45) is 0 Å². The van der Waals surface area contributed by atoms with E-state index in [0.717, 1.165) is 12.2 Å². The van der Waals surface area contributed by atoms with Crippen molar-refractivity contribution in [2.45, 2.75) is 13.3 Å². The van der Waals surface area contributed by atoms with Gasteiger partial charge < -0.3 is 10.1 Å². The standard InChI is InChI=1S/C15H17N3O3/c1-12-14(18(19)20)8-9-15(17-12)16-10-5-11-21-13-6-3-2-4-7-13/h2-4,6-9H,5,10-11H2,1H3,(H,16,17). The van der Waals surface area contributed by atoms with E-state index < -0.39 is 4.92 Å². The SMILES string of the molecule is Cc1nc(NCCCOc2ccccc2)ccc1[N+](=O)[O-]. The van der Waals surface area contributed by atoms with E-state index in [1.807, 2.05) is 30.3 Å². The molecule has 0 aliphatic heterocycles. The van der Waals surface area contributed by atoms with Crippen molar-refractivity contribution < 1.29 is 9.66 Å². The van der Waals surface area contributed by atoms with Crippen LogP contribution in [0.15, 0.2) is 42.5 Å². The Morgan fingerprint density at radius 3 is 2.67 bits per heavy atom. The minimum atomic E-state index is -0.431. The Bertz CT molecular complexity index is 602. The molecule has 0 aliphatic rings. The van der Waals surface area contributed by atoms with E-state index >= 15 is 0 Å². The quantitative estimate of drug-likeness (QED) is 0.481. The van der Waals surface area contributed by atoms with Gasteiger partial charge in [0.05, 0.1) is 11.5 Å². The maximum atomic E-state index is 10.7. The van der Waals surface area contributed by atoms with Gasteiger partial charge in [-0.2, -0.15) is 0 Å². The van der Waals surface area contributed by atoms with Crippen LogP contribution in [-0.4, -0.2) is 23.1 Å². The third-order valence-electron chi connectivity index (χ3n) is 2.89. The summed E-state index contributed by atoms with van der Waals surface area (Å²) in [6.45, 7) is 2.92. The molecule has 21 heavy (non-hydrogen) atoms. The normalized spacial score (nSPS) is 10.1. The van der Waals surface area contributed by atoms with Gasteiger partial charge in [-0.25, -0.2) is 4.98 Å². The van der Waals surface area contributed by atoms with Crippen molar-refractivity contribution in [1.82, 2.24) is 4.98 Å². The molecule has 110 valence electrons. The van der Waals surface area contributed by atoms with Crippen LogP contribution in [0.3, 0.4) is 0 Å². The third-order valence-corrected chi connectivity index (χ3v) is 2.89. The minimum Gasteiger partial charge on any atom is -0.494 e. The number of ether oxygens (including phenoxy) is 1. The number of para-hydroxylation sites is 1. The smallest absolute Gasteiger partial charge is 0.290 e. The average Bonchev–Trinajstić information content (AvgIpc) is 2.47. The Labute approximate surface area is 122 Å². The van der Waals surface area contributed by atoms with Gasteiger partial charge in [0.15, 0.2) is 0 Å². The van der Waals surface area contributed by atoms with Gasteiger partial charge in [-0.15, -0.1) is 0 Å². The molecule has 6 heteroatoms. The van der Waals surface area contributed by atoms with Crippen molar-refractivity contribution in [3.63, 3.8) is 0 Å².